The molecule has 2 aromatic rings. The molecule has 0 saturated heterocycles. The first kappa shape index (κ1) is 12.3. The first-order valence-corrected chi connectivity index (χ1v) is 6.88. The summed E-state index contributed by atoms with van der Waals surface area (Å²) >= 11 is 1.85. The van der Waals surface area contributed by atoms with Crippen LogP contribution in [-0.4, -0.2) is 9.78 Å². The molecule has 0 radical (unpaired) electrons. The number of hydrogen-bond acceptors (Lipinski definition) is 3. The summed E-state index contributed by atoms with van der Waals surface area (Å²) in [7, 11) is 0. The average molecular weight is 249 g/mol. The fraction of sp³-hybridized carbons (Fsp3) is 0.462. The number of hydrogen-bond donors (Lipinski definition) is 1. The predicted molar refractivity (Wildman–Crippen MR) is 72.1 cm³/mol. The van der Waals surface area contributed by atoms with Gasteiger partial charge < -0.3 is 5.32 Å². The Morgan fingerprint density at radius 3 is 2.88 bits per heavy atom. The van der Waals surface area contributed by atoms with E-state index in [4.69, 9.17) is 0 Å². The molecular formula is C13H19N3S. The van der Waals surface area contributed by atoms with E-state index in [2.05, 4.69) is 47.1 Å². The van der Waals surface area contributed by atoms with Crippen LogP contribution in [0.5, 0.6) is 0 Å². The summed E-state index contributed by atoms with van der Waals surface area (Å²) < 4.78 is 2.08. The molecule has 0 aliphatic heterocycles. The van der Waals surface area contributed by atoms with Gasteiger partial charge in [0, 0.05) is 35.6 Å². The fourth-order valence-electron chi connectivity index (χ4n) is 1.82. The van der Waals surface area contributed by atoms with E-state index < -0.39 is 0 Å². The van der Waals surface area contributed by atoms with Crippen molar-refractivity contribution in [2.45, 2.75) is 39.9 Å². The lowest BCUT2D eigenvalue weighted by molar-refractivity contribution is 0.550. The minimum absolute atomic E-state index is 0.886. The van der Waals surface area contributed by atoms with Crippen molar-refractivity contribution in [1.82, 2.24) is 15.1 Å². The average Bonchev–Trinajstić information content (AvgIpc) is 2.90. The van der Waals surface area contributed by atoms with Crippen molar-refractivity contribution in [1.29, 1.82) is 0 Å². The number of rotatable bonds is 6. The van der Waals surface area contributed by atoms with Crippen molar-refractivity contribution in [2.24, 2.45) is 0 Å². The molecule has 17 heavy (non-hydrogen) atoms. The molecule has 0 unspecified atom stereocenters. The number of nitrogens with zero attached hydrogens (tertiary/aromatic N) is 2. The highest BCUT2D eigenvalue weighted by molar-refractivity contribution is 7.11. The molecule has 4 heteroatoms. The minimum atomic E-state index is 0.886. The molecule has 0 amide bonds. The van der Waals surface area contributed by atoms with Crippen LogP contribution in [0.15, 0.2) is 24.4 Å². The van der Waals surface area contributed by atoms with Crippen molar-refractivity contribution >= 4 is 11.3 Å². The normalized spacial score (nSPS) is 10.9. The number of thiophene rings is 1. The van der Waals surface area contributed by atoms with Gasteiger partial charge in [-0.1, -0.05) is 6.92 Å². The molecule has 0 aromatic carbocycles. The third-order valence-corrected chi connectivity index (χ3v) is 3.64. The third-order valence-electron chi connectivity index (χ3n) is 2.64. The number of aromatic nitrogens is 2. The topological polar surface area (TPSA) is 29.9 Å². The van der Waals surface area contributed by atoms with E-state index in [0.29, 0.717) is 0 Å². The molecule has 0 atom stereocenters. The van der Waals surface area contributed by atoms with Gasteiger partial charge >= 0.3 is 0 Å². The van der Waals surface area contributed by atoms with Gasteiger partial charge in [-0.15, -0.1) is 11.3 Å². The van der Waals surface area contributed by atoms with E-state index in [0.717, 1.165) is 26.1 Å². The maximum Gasteiger partial charge on any atom is 0.0522 e. The quantitative estimate of drug-likeness (QED) is 0.853. The first-order chi connectivity index (χ1) is 8.29. The van der Waals surface area contributed by atoms with E-state index >= 15 is 0 Å². The van der Waals surface area contributed by atoms with Crippen LogP contribution in [-0.2, 0) is 19.6 Å². The van der Waals surface area contributed by atoms with Gasteiger partial charge in [0.05, 0.1) is 5.69 Å². The highest BCUT2D eigenvalue weighted by atomic mass is 32.1. The van der Waals surface area contributed by atoms with Crippen LogP contribution in [0.2, 0.25) is 0 Å². The van der Waals surface area contributed by atoms with Gasteiger partial charge in [-0.2, -0.15) is 5.10 Å². The molecule has 2 aromatic heterocycles. The van der Waals surface area contributed by atoms with Crippen LogP contribution in [0.4, 0.5) is 0 Å². The van der Waals surface area contributed by atoms with E-state index in [1.54, 1.807) is 0 Å². The lowest BCUT2D eigenvalue weighted by Crippen LogP contribution is -2.15. The molecule has 2 rings (SSSR count). The van der Waals surface area contributed by atoms with E-state index in [1.165, 1.54) is 15.4 Å². The molecule has 2 heterocycles. The SMILES string of the molecule is CCCn1nccc1CNCc1ccc(C)s1. The van der Waals surface area contributed by atoms with Gasteiger partial charge in [0.1, 0.15) is 0 Å². The summed E-state index contributed by atoms with van der Waals surface area (Å²) in [5.41, 5.74) is 1.26. The molecule has 1 N–H and O–H groups in total. The highest BCUT2D eigenvalue weighted by Gasteiger charge is 2.01. The summed E-state index contributed by atoms with van der Waals surface area (Å²) in [5, 5.41) is 7.78. The largest absolute Gasteiger partial charge is 0.306 e. The van der Waals surface area contributed by atoms with Gasteiger partial charge in [0.15, 0.2) is 0 Å². The van der Waals surface area contributed by atoms with Crippen molar-refractivity contribution < 1.29 is 0 Å². The van der Waals surface area contributed by atoms with Gasteiger partial charge in [-0.05, 0) is 31.5 Å². The zero-order valence-electron chi connectivity index (χ0n) is 10.4. The summed E-state index contributed by atoms with van der Waals surface area (Å²) in [4.78, 5) is 2.77. The van der Waals surface area contributed by atoms with Crippen LogP contribution in [0.1, 0.15) is 28.8 Å². The molecule has 0 saturated carbocycles. The molecular weight excluding hydrogens is 230 g/mol. The second-order valence-electron chi connectivity index (χ2n) is 4.16. The minimum Gasteiger partial charge on any atom is -0.306 e. The van der Waals surface area contributed by atoms with Crippen LogP contribution in [0.3, 0.4) is 0 Å². The lowest BCUT2D eigenvalue weighted by atomic mass is 10.4. The standard InChI is InChI=1S/C13H19N3S/c1-3-8-16-12(6-7-15-16)9-14-10-13-5-4-11(2)17-13/h4-7,14H,3,8-10H2,1-2H3. The van der Waals surface area contributed by atoms with E-state index in [1.807, 2.05) is 17.5 Å². The second-order valence-corrected chi connectivity index (χ2v) is 5.53. The molecule has 0 aliphatic carbocycles. The number of nitrogens with one attached hydrogen (secondary N) is 1. The van der Waals surface area contributed by atoms with Crippen LogP contribution >= 0.6 is 11.3 Å². The molecule has 0 spiro atoms. The van der Waals surface area contributed by atoms with Gasteiger partial charge in [-0.25, -0.2) is 0 Å². The summed E-state index contributed by atoms with van der Waals surface area (Å²) in [6, 6.07) is 6.45. The molecule has 0 bridgehead atoms. The van der Waals surface area contributed by atoms with Crippen LogP contribution in [0.25, 0.3) is 0 Å². The summed E-state index contributed by atoms with van der Waals surface area (Å²) in [6.07, 6.45) is 3.00. The zero-order valence-corrected chi connectivity index (χ0v) is 11.3. The van der Waals surface area contributed by atoms with Crippen molar-refractivity contribution in [3.63, 3.8) is 0 Å². The number of aryl methyl sites for hydroxylation is 2. The van der Waals surface area contributed by atoms with Gasteiger partial charge in [-0.3, -0.25) is 4.68 Å². The Bertz CT molecular complexity index is 459. The monoisotopic (exact) mass is 249 g/mol. The summed E-state index contributed by atoms with van der Waals surface area (Å²) in [5.74, 6) is 0. The van der Waals surface area contributed by atoms with Gasteiger partial charge in [0.2, 0.25) is 0 Å². The smallest absolute Gasteiger partial charge is 0.0522 e. The van der Waals surface area contributed by atoms with Crippen LogP contribution in [0, 0.1) is 6.92 Å². The maximum absolute atomic E-state index is 4.31. The zero-order chi connectivity index (χ0) is 12.1. The van der Waals surface area contributed by atoms with E-state index in [9.17, 15) is 0 Å². The summed E-state index contributed by atoms with van der Waals surface area (Å²) in [6.45, 7) is 7.15. The Morgan fingerprint density at radius 2 is 2.18 bits per heavy atom. The second kappa shape index (κ2) is 5.98. The Hall–Kier alpha value is -1.13. The molecule has 0 fully saturated rings. The Kier molecular flexibility index (Phi) is 4.34. The van der Waals surface area contributed by atoms with Crippen molar-refractivity contribution in [3.05, 3.63) is 39.8 Å². The molecule has 0 aliphatic rings. The Balaban J connectivity index is 1.83. The predicted octanol–water partition coefficient (Wildman–Crippen LogP) is 2.95. The molecule has 3 nitrogen and oxygen atoms in total. The van der Waals surface area contributed by atoms with Crippen molar-refractivity contribution in [3.8, 4) is 0 Å². The maximum atomic E-state index is 4.31. The Morgan fingerprint density at radius 1 is 1.29 bits per heavy atom. The van der Waals surface area contributed by atoms with Crippen molar-refractivity contribution in [2.75, 3.05) is 0 Å². The van der Waals surface area contributed by atoms with E-state index in [-0.39, 0.29) is 0 Å². The first-order valence-electron chi connectivity index (χ1n) is 6.06. The lowest BCUT2D eigenvalue weighted by Gasteiger charge is -2.06. The highest BCUT2D eigenvalue weighted by Crippen LogP contribution is 2.14. The Labute approximate surface area is 106 Å². The van der Waals surface area contributed by atoms with Crippen LogP contribution < -0.4 is 5.32 Å². The molecule has 92 valence electrons. The van der Waals surface area contributed by atoms with Gasteiger partial charge in [0.25, 0.3) is 0 Å². The third kappa shape index (κ3) is 3.41. The fourth-order valence-corrected chi connectivity index (χ4v) is 2.68.